The number of nitrogens with zero attached hydrogens (tertiary/aromatic N) is 2. The number of amides is 1. The van der Waals surface area contributed by atoms with Crippen molar-refractivity contribution in [3.05, 3.63) is 57.6 Å². The number of benzene rings is 2. The van der Waals surface area contributed by atoms with Gasteiger partial charge in [-0.3, -0.25) is 9.69 Å². The predicted molar refractivity (Wildman–Crippen MR) is 128 cm³/mol. The molecule has 0 aliphatic heterocycles. The first-order chi connectivity index (χ1) is 14.7. The Labute approximate surface area is 194 Å². The van der Waals surface area contributed by atoms with Crippen molar-refractivity contribution < 1.29 is 14.6 Å². The molecule has 8 heteroatoms. The lowest BCUT2D eigenvalue weighted by atomic mass is 10.1. The second-order valence-corrected chi connectivity index (χ2v) is 8.65. The predicted octanol–water partition coefficient (Wildman–Crippen LogP) is 3.85. The highest BCUT2D eigenvalue weighted by Crippen LogP contribution is 2.32. The molecule has 1 atom stereocenters. The van der Waals surface area contributed by atoms with Gasteiger partial charge in [-0.25, -0.2) is 0 Å². The molecule has 31 heavy (non-hydrogen) atoms. The van der Waals surface area contributed by atoms with Gasteiger partial charge in [0, 0.05) is 25.3 Å². The molecule has 2 aromatic carbocycles. The summed E-state index contributed by atoms with van der Waals surface area (Å²) >= 11 is 12.1. The van der Waals surface area contributed by atoms with E-state index in [4.69, 9.17) is 27.9 Å². The molecule has 0 spiro atoms. The van der Waals surface area contributed by atoms with E-state index in [0.29, 0.717) is 35.4 Å². The summed E-state index contributed by atoms with van der Waals surface area (Å²) in [5.41, 5.74) is 2.97. The maximum absolute atomic E-state index is 12.4. The van der Waals surface area contributed by atoms with Gasteiger partial charge >= 0.3 is 0 Å². The summed E-state index contributed by atoms with van der Waals surface area (Å²) in [5, 5.41) is 14.1. The molecule has 1 amide bonds. The first kappa shape index (κ1) is 25.4. The first-order valence-electron chi connectivity index (χ1n) is 10.2. The number of halogens is 2. The van der Waals surface area contributed by atoms with Crippen LogP contribution in [0.15, 0.2) is 36.4 Å². The normalized spacial score (nSPS) is 12.3. The quantitative estimate of drug-likeness (QED) is 0.525. The van der Waals surface area contributed by atoms with E-state index in [2.05, 4.69) is 5.32 Å². The van der Waals surface area contributed by atoms with E-state index >= 15 is 0 Å². The molecule has 0 bridgehead atoms. The van der Waals surface area contributed by atoms with Gasteiger partial charge in [0.1, 0.15) is 12.7 Å². The Balaban J connectivity index is 1.71. The Morgan fingerprint density at radius 2 is 1.58 bits per heavy atom. The summed E-state index contributed by atoms with van der Waals surface area (Å²) < 4.78 is 5.58. The molecule has 0 saturated heterocycles. The highest BCUT2D eigenvalue weighted by atomic mass is 35.5. The summed E-state index contributed by atoms with van der Waals surface area (Å²) in [6.07, 6.45) is -0.699. The first-order valence-corrected chi connectivity index (χ1v) is 10.9. The van der Waals surface area contributed by atoms with Crippen molar-refractivity contribution in [3.63, 3.8) is 0 Å². The molecule has 0 saturated carbocycles. The minimum Gasteiger partial charge on any atom is -0.488 e. The van der Waals surface area contributed by atoms with Gasteiger partial charge in [0.05, 0.1) is 16.6 Å². The summed E-state index contributed by atoms with van der Waals surface area (Å²) in [5.74, 6) is 0.328. The van der Waals surface area contributed by atoms with Crippen molar-refractivity contribution in [2.24, 2.45) is 0 Å². The Morgan fingerprint density at radius 3 is 2.19 bits per heavy atom. The second-order valence-electron chi connectivity index (χ2n) is 7.83. The lowest BCUT2D eigenvalue weighted by Gasteiger charge is -2.24. The van der Waals surface area contributed by atoms with Gasteiger partial charge < -0.3 is 20.1 Å². The molecular weight excluding hydrogens is 437 g/mol. The van der Waals surface area contributed by atoms with Crippen molar-refractivity contribution >= 4 is 34.8 Å². The number of aliphatic hydroxyl groups is 1. The van der Waals surface area contributed by atoms with Crippen LogP contribution in [0.4, 0.5) is 5.69 Å². The largest absolute Gasteiger partial charge is 0.488 e. The zero-order valence-electron chi connectivity index (χ0n) is 18.5. The number of anilines is 1. The fourth-order valence-corrected chi connectivity index (χ4v) is 3.67. The number of hydrogen-bond acceptors (Lipinski definition) is 5. The van der Waals surface area contributed by atoms with Crippen LogP contribution in [0.5, 0.6) is 5.75 Å². The van der Waals surface area contributed by atoms with E-state index in [0.717, 1.165) is 16.8 Å². The Bertz CT molecular complexity index is 839. The lowest BCUT2D eigenvalue weighted by Crippen LogP contribution is -2.39. The summed E-state index contributed by atoms with van der Waals surface area (Å²) in [4.78, 5) is 16.3. The third-order valence-electron chi connectivity index (χ3n) is 4.88. The molecule has 2 aromatic rings. The van der Waals surface area contributed by atoms with Crippen LogP contribution >= 0.6 is 23.2 Å². The Hall–Kier alpha value is -1.83. The number of likely N-dealkylation sites (N-methyl/N-ethyl adjacent to an activating group) is 2. The number of para-hydroxylation sites is 2. The van der Waals surface area contributed by atoms with Crippen LogP contribution in [-0.4, -0.2) is 73.8 Å². The molecule has 2 rings (SSSR count). The SMILES string of the molecule is Cc1cccc(C)c1NC(=O)CN(C)CCN(C)CC(O)COc1c(Cl)cccc1Cl. The molecule has 0 aromatic heterocycles. The van der Waals surface area contributed by atoms with Gasteiger partial charge in [-0.2, -0.15) is 0 Å². The number of aryl methyl sites for hydroxylation is 2. The van der Waals surface area contributed by atoms with Gasteiger partial charge in [0.25, 0.3) is 0 Å². The molecule has 0 heterocycles. The van der Waals surface area contributed by atoms with E-state index in [1.165, 1.54) is 0 Å². The van der Waals surface area contributed by atoms with Crippen molar-refractivity contribution in [1.29, 1.82) is 0 Å². The molecule has 1 unspecified atom stereocenters. The standard InChI is InChI=1S/C23H31Cl2N3O3/c1-16-7-5-8-17(2)22(16)26-21(30)14-28(4)12-11-27(3)13-18(29)15-31-23-19(24)9-6-10-20(23)25/h5-10,18,29H,11-15H2,1-4H3,(H,26,30). The van der Waals surface area contributed by atoms with Crippen LogP contribution in [0.25, 0.3) is 0 Å². The maximum atomic E-state index is 12.4. The van der Waals surface area contributed by atoms with E-state index < -0.39 is 6.10 Å². The second kappa shape index (κ2) is 12.3. The monoisotopic (exact) mass is 467 g/mol. The van der Waals surface area contributed by atoms with E-state index in [1.54, 1.807) is 18.2 Å². The van der Waals surface area contributed by atoms with Crippen molar-refractivity contribution in [2.45, 2.75) is 20.0 Å². The van der Waals surface area contributed by atoms with Crippen LogP contribution in [0, 0.1) is 13.8 Å². The molecule has 0 aliphatic carbocycles. The number of hydrogen-bond donors (Lipinski definition) is 2. The van der Waals surface area contributed by atoms with Crippen LogP contribution in [0.2, 0.25) is 10.0 Å². The number of aliphatic hydroxyl groups excluding tert-OH is 1. The van der Waals surface area contributed by atoms with Gasteiger partial charge in [-0.15, -0.1) is 0 Å². The fraction of sp³-hybridized carbons (Fsp3) is 0.435. The van der Waals surface area contributed by atoms with Gasteiger partial charge in [-0.05, 0) is 51.2 Å². The third kappa shape index (κ3) is 8.31. The third-order valence-corrected chi connectivity index (χ3v) is 5.48. The van der Waals surface area contributed by atoms with E-state index in [9.17, 15) is 9.90 Å². The molecule has 170 valence electrons. The van der Waals surface area contributed by atoms with Crippen LogP contribution in [0.1, 0.15) is 11.1 Å². The summed E-state index contributed by atoms with van der Waals surface area (Å²) in [7, 11) is 3.81. The van der Waals surface area contributed by atoms with Crippen LogP contribution in [-0.2, 0) is 4.79 Å². The number of rotatable bonds is 11. The topological polar surface area (TPSA) is 65.0 Å². The number of carbonyl (C=O) groups excluding carboxylic acids is 1. The highest BCUT2D eigenvalue weighted by molar-refractivity contribution is 6.37. The molecule has 2 N–H and O–H groups in total. The van der Waals surface area contributed by atoms with Gasteiger partial charge in [0.2, 0.25) is 5.91 Å². The van der Waals surface area contributed by atoms with Crippen molar-refractivity contribution in [1.82, 2.24) is 9.80 Å². The molecule has 0 aliphatic rings. The maximum Gasteiger partial charge on any atom is 0.238 e. The van der Waals surface area contributed by atoms with E-state index in [-0.39, 0.29) is 19.1 Å². The number of carbonyl (C=O) groups is 1. The molecule has 0 radical (unpaired) electrons. The fourth-order valence-electron chi connectivity index (χ4n) is 3.16. The van der Waals surface area contributed by atoms with Crippen LogP contribution in [0.3, 0.4) is 0 Å². The number of nitrogens with one attached hydrogen (secondary N) is 1. The zero-order valence-corrected chi connectivity index (χ0v) is 20.0. The molecule has 6 nitrogen and oxygen atoms in total. The zero-order chi connectivity index (χ0) is 23.0. The van der Waals surface area contributed by atoms with Gasteiger partial charge in [0.15, 0.2) is 5.75 Å². The minimum absolute atomic E-state index is 0.0485. The van der Waals surface area contributed by atoms with Crippen LogP contribution < -0.4 is 10.1 Å². The average Bonchev–Trinajstić information content (AvgIpc) is 2.69. The average molecular weight is 468 g/mol. The van der Waals surface area contributed by atoms with Crippen molar-refractivity contribution in [3.8, 4) is 5.75 Å². The summed E-state index contributed by atoms with van der Waals surface area (Å²) in [6, 6.07) is 11.1. The lowest BCUT2D eigenvalue weighted by molar-refractivity contribution is -0.117. The summed E-state index contributed by atoms with van der Waals surface area (Å²) in [6.45, 7) is 6.13. The van der Waals surface area contributed by atoms with Crippen molar-refractivity contribution in [2.75, 3.05) is 52.2 Å². The minimum atomic E-state index is -0.699. The highest BCUT2D eigenvalue weighted by Gasteiger charge is 2.14. The van der Waals surface area contributed by atoms with Gasteiger partial charge in [-0.1, -0.05) is 47.5 Å². The number of ether oxygens (including phenoxy) is 1. The molecule has 0 fully saturated rings. The Morgan fingerprint density at radius 1 is 1.03 bits per heavy atom. The smallest absolute Gasteiger partial charge is 0.238 e. The van der Waals surface area contributed by atoms with E-state index in [1.807, 2.05) is 55.9 Å². The molecular formula is C23H31Cl2N3O3. The Kier molecular flexibility index (Phi) is 10.1.